The fourth-order valence-electron chi connectivity index (χ4n) is 0.797. The number of aldehydes is 1. The summed E-state index contributed by atoms with van der Waals surface area (Å²) in [7, 11) is 5.32. The molecule has 1 nitrogen and oxygen atoms in total. The summed E-state index contributed by atoms with van der Waals surface area (Å²) in [6, 6.07) is 3.02. The van der Waals surface area contributed by atoms with E-state index in [1.807, 2.05) is 0 Å². The van der Waals surface area contributed by atoms with E-state index >= 15 is 0 Å². The molecule has 2 radical (unpaired) electrons. The quantitative estimate of drug-likeness (QED) is 0.424. The molecule has 0 saturated heterocycles. The highest BCUT2D eigenvalue weighted by molar-refractivity contribution is 6.33. The molecule has 0 aliphatic rings. The highest BCUT2D eigenvalue weighted by Gasteiger charge is 2.04. The van der Waals surface area contributed by atoms with Gasteiger partial charge in [0, 0.05) is 5.56 Å². The van der Waals surface area contributed by atoms with Gasteiger partial charge < -0.3 is 0 Å². The molecule has 0 aliphatic heterocycles. The van der Waals surface area contributed by atoms with Gasteiger partial charge in [0.1, 0.15) is 13.7 Å². The molecule has 0 spiro atoms. The summed E-state index contributed by atoms with van der Waals surface area (Å²) in [4.78, 5) is 10.2. The van der Waals surface area contributed by atoms with Crippen molar-refractivity contribution in [3.8, 4) is 0 Å². The second kappa shape index (κ2) is 2.87. The summed E-state index contributed by atoms with van der Waals surface area (Å²) >= 11 is 0. The van der Waals surface area contributed by atoms with Gasteiger partial charge in [0.2, 0.25) is 0 Å². The maximum absolute atomic E-state index is 12.9. The normalized spacial score (nSPS) is 9.64. The molecule has 3 heteroatoms. The lowest BCUT2D eigenvalue weighted by Gasteiger charge is -2.02. The van der Waals surface area contributed by atoms with Crippen molar-refractivity contribution in [2.45, 2.75) is 6.92 Å². The zero-order valence-electron chi connectivity index (χ0n) is 6.10. The van der Waals surface area contributed by atoms with Crippen LogP contribution in [0.25, 0.3) is 0 Å². The highest BCUT2D eigenvalue weighted by atomic mass is 19.1. The molecule has 0 bridgehead atoms. The Labute approximate surface area is 65.6 Å². The van der Waals surface area contributed by atoms with Crippen LogP contribution in [0.15, 0.2) is 12.1 Å². The summed E-state index contributed by atoms with van der Waals surface area (Å²) in [6.07, 6.45) is 0.450. The third-order valence-corrected chi connectivity index (χ3v) is 1.55. The minimum atomic E-state index is -0.625. The molecule has 0 fully saturated rings. The van der Waals surface area contributed by atoms with Gasteiger partial charge in [-0.25, -0.2) is 4.39 Å². The number of aryl methyl sites for hydroxylation is 1. The van der Waals surface area contributed by atoms with E-state index in [1.54, 1.807) is 13.0 Å². The van der Waals surface area contributed by atoms with Crippen molar-refractivity contribution in [3.05, 3.63) is 29.1 Å². The van der Waals surface area contributed by atoms with E-state index in [9.17, 15) is 9.18 Å². The first-order chi connectivity index (χ1) is 5.16. The Morgan fingerprint density at radius 2 is 2.18 bits per heavy atom. The van der Waals surface area contributed by atoms with Gasteiger partial charge in [0.05, 0.1) is 0 Å². The fourth-order valence-corrected chi connectivity index (χ4v) is 0.797. The van der Waals surface area contributed by atoms with Gasteiger partial charge in [-0.1, -0.05) is 17.1 Å². The number of halogens is 1. The second-order valence-corrected chi connectivity index (χ2v) is 2.32. The Morgan fingerprint density at radius 1 is 1.55 bits per heavy atom. The Kier molecular flexibility index (Phi) is 2.08. The van der Waals surface area contributed by atoms with Crippen molar-refractivity contribution in [2.75, 3.05) is 0 Å². The summed E-state index contributed by atoms with van der Waals surface area (Å²) < 4.78 is 12.9. The topological polar surface area (TPSA) is 17.1 Å². The van der Waals surface area contributed by atoms with Crippen LogP contribution < -0.4 is 5.46 Å². The first-order valence-electron chi connectivity index (χ1n) is 3.16. The zero-order valence-corrected chi connectivity index (χ0v) is 6.10. The van der Waals surface area contributed by atoms with E-state index in [-0.39, 0.29) is 11.0 Å². The Balaban J connectivity index is 3.36. The van der Waals surface area contributed by atoms with Crippen molar-refractivity contribution >= 4 is 19.6 Å². The molecular formula is C8H6BFO. The fraction of sp³-hybridized carbons (Fsp3) is 0.125. The molecule has 11 heavy (non-hydrogen) atoms. The van der Waals surface area contributed by atoms with Crippen LogP contribution >= 0.6 is 0 Å². The van der Waals surface area contributed by atoms with Gasteiger partial charge in [0.25, 0.3) is 0 Å². The smallest absolute Gasteiger partial charge is 0.152 e. The van der Waals surface area contributed by atoms with Gasteiger partial charge in [-0.3, -0.25) is 4.79 Å². The Hall–Kier alpha value is -1.12. The first-order valence-corrected chi connectivity index (χ1v) is 3.16. The maximum atomic E-state index is 12.9. The van der Waals surface area contributed by atoms with Gasteiger partial charge in [-0.15, -0.1) is 0 Å². The molecule has 0 unspecified atom stereocenters. The van der Waals surface area contributed by atoms with Crippen LogP contribution in [0.2, 0.25) is 0 Å². The van der Waals surface area contributed by atoms with Crippen LogP contribution in [0.4, 0.5) is 4.39 Å². The van der Waals surface area contributed by atoms with E-state index in [2.05, 4.69) is 0 Å². The van der Waals surface area contributed by atoms with Crippen molar-refractivity contribution in [3.63, 3.8) is 0 Å². The van der Waals surface area contributed by atoms with Crippen LogP contribution in [0.5, 0.6) is 0 Å². The Morgan fingerprint density at radius 3 is 2.73 bits per heavy atom. The standard InChI is InChI=1S/C8H6BFO/c1-5-2-3-6(4-11)8(10)7(5)9/h2-4H,1H3. The number of rotatable bonds is 1. The third-order valence-electron chi connectivity index (χ3n) is 1.55. The number of benzene rings is 1. The monoisotopic (exact) mass is 148 g/mol. The molecule has 1 rings (SSSR count). The Bertz CT molecular complexity index is 296. The second-order valence-electron chi connectivity index (χ2n) is 2.32. The largest absolute Gasteiger partial charge is 0.298 e. The van der Waals surface area contributed by atoms with Gasteiger partial charge >= 0.3 is 0 Å². The summed E-state index contributed by atoms with van der Waals surface area (Å²) in [6.45, 7) is 1.69. The molecule has 0 saturated carbocycles. The van der Waals surface area contributed by atoms with Crippen LogP contribution in [0, 0.1) is 12.7 Å². The molecule has 0 atom stereocenters. The van der Waals surface area contributed by atoms with Crippen LogP contribution in [-0.2, 0) is 0 Å². The third kappa shape index (κ3) is 1.32. The predicted molar refractivity (Wildman–Crippen MR) is 41.9 cm³/mol. The molecule has 0 N–H and O–H groups in total. The predicted octanol–water partition coefficient (Wildman–Crippen LogP) is 0.740. The lowest BCUT2D eigenvalue weighted by Crippen LogP contribution is -2.14. The molecule has 0 aromatic heterocycles. The summed E-state index contributed by atoms with van der Waals surface area (Å²) in [5, 5.41) is 0. The molecular weight excluding hydrogens is 142 g/mol. The van der Waals surface area contributed by atoms with Crippen LogP contribution in [0.3, 0.4) is 0 Å². The lowest BCUT2D eigenvalue weighted by atomic mass is 9.89. The average Bonchev–Trinajstić information content (AvgIpc) is 2.01. The average molecular weight is 148 g/mol. The maximum Gasteiger partial charge on any atom is 0.152 e. The lowest BCUT2D eigenvalue weighted by molar-refractivity contribution is 0.112. The molecule has 1 aromatic carbocycles. The molecule has 0 amide bonds. The van der Waals surface area contributed by atoms with Crippen LogP contribution in [-0.4, -0.2) is 14.1 Å². The number of carbonyl (C=O) groups is 1. The van der Waals surface area contributed by atoms with Crippen molar-refractivity contribution in [2.24, 2.45) is 0 Å². The minimum absolute atomic E-state index is 0.00750. The highest BCUT2D eigenvalue weighted by Crippen LogP contribution is 2.03. The summed E-state index contributed by atoms with van der Waals surface area (Å²) in [5.74, 6) is -0.625. The molecule has 0 aliphatic carbocycles. The van der Waals surface area contributed by atoms with Crippen LogP contribution in [0.1, 0.15) is 15.9 Å². The number of hydrogen-bond acceptors (Lipinski definition) is 1. The first kappa shape index (κ1) is 7.99. The van der Waals surface area contributed by atoms with E-state index in [4.69, 9.17) is 7.85 Å². The van der Waals surface area contributed by atoms with Crippen molar-refractivity contribution in [1.29, 1.82) is 0 Å². The molecule has 0 heterocycles. The van der Waals surface area contributed by atoms with E-state index in [0.29, 0.717) is 11.8 Å². The number of carbonyl (C=O) groups excluding carboxylic acids is 1. The SMILES string of the molecule is [B]c1c(C)ccc(C=O)c1F. The van der Waals surface area contributed by atoms with E-state index in [0.717, 1.165) is 0 Å². The molecule has 54 valence electrons. The van der Waals surface area contributed by atoms with E-state index < -0.39 is 5.82 Å². The van der Waals surface area contributed by atoms with Gasteiger partial charge in [0.15, 0.2) is 6.29 Å². The van der Waals surface area contributed by atoms with Gasteiger partial charge in [-0.05, 0) is 13.0 Å². The minimum Gasteiger partial charge on any atom is -0.298 e. The van der Waals surface area contributed by atoms with Gasteiger partial charge in [-0.2, -0.15) is 0 Å². The van der Waals surface area contributed by atoms with Crippen molar-refractivity contribution in [1.82, 2.24) is 0 Å². The van der Waals surface area contributed by atoms with E-state index in [1.165, 1.54) is 6.07 Å². The molecule has 1 aromatic rings. The van der Waals surface area contributed by atoms with Crippen molar-refractivity contribution < 1.29 is 9.18 Å². The number of hydrogen-bond donors (Lipinski definition) is 0. The zero-order chi connectivity index (χ0) is 8.43. The summed E-state index contributed by atoms with van der Waals surface area (Å²) in [5.41, 5.74) is 0.704.